The molecule has 1 rings (SSSR count). The molecule has 0 bridgehead atoms. The summed E-state index contributed by atoms with van der Waals surface area (Å²) < 4.78 is 69.7. The summed E-state index contributed by atoms with van der Waals surface area (Å²) in [5, 5.41) is -0.228. The van der Waals surface area contributed by atoms with Crippen molar-refractivity contribution in [3.8, 4) is 0 Å². The maximum atomic E-state index is 12.3. The van der Waals surface area contributed by atoms with Crippen LogP contribution in [0.4, 0.5) is 17.1 Å². The highest BCUT2D eigenvalue weighted by molar-refractivity contribution is 7.85. The van der Waals surface area contributed by atoms with Crippen LogP contribution in [0.2, 0.25) is 5.02 Å². The van der Waals surface area contributed by atoms with Gasteiger partial charge in [-0.1, -0.05) is 11.6 Å². The normalized spacial score (nSPS) is 12.8. The highest BCUT2D eigenvalue weighted by atomic mass is 35.5. The van der Waals surface area contributed by atoms with Gasteiger partial charge in [0.1, 0.15) is 5.75 Å². The van der Waals surface area contributed by atoms with Gasteiger partial charge >= 0.3 is 16.4 Å². The van der Waals surface area contributed by atoms with Gasteiger partial charge in [-0.15, -0.1) is 3.89 Å². The minimum atomic E-state index is -4.91. The van der Waals surface area contributed by atoms with Gasteiger partial charge in [0, 0.05) is 5.02 Å². The number of halogens is 5. The second-order valence-corrected chi connectivity index (χ2v) is 4.76. The molecule has 90 valence electrons. The van der Waals surface area contributed by atoms with E-state index in [9.17, 15) is 25.5 Å². The zero-order valence-electron chi connectivity index (χ0n) is 7.55. The van der Waals surface area contributed by atoms with Crippen LogP contribution in [0.5, 0.6) is 0 Å². The maximum absolute atomic E-state index is 12.3. The lowest BCUT2D eigenvalue weighted by molar-refractivity contribution is -0.137. The SMILES string of the molecule is O=S(=O)(F)Cc1cc(C(F)(F)F)ccc1Cl. The van der Waals surface area contributed by atoms with Crippen LogP contribution in [0.1, 0.15) is 11.1 Å². The Kier molecular flexibility index (Phi) is 3.49. The van der Waals surface area contributed by atoms with E-state index in [-0.39, 0.29) is 5.02 Å². The second-order valence-electron chi connectivity index (χ2n) is 2.99. The summed E-state index contributed by atoms with van der Waals surface area (Å²) in [6.07, 6.45) is -4.63. The molecule has 0 saturated carbocycles. The van der Waals surface area contributed by atoms with Gasteiger partial charge in [-0.3, -0.25) is 0 Å². The van der Waals surface area contributed by atoms with Crippen LogP contribution < -0.4 is 0 Å². The van der Waals surface area contributed by atoms with E-state index < -0.39 is 33.3 Å². The van der Waals surface area contributed by atoms with Crippen molar-refractivity contribution in [1.82, 2.24) is 0 Å². The van der Waals surface area contributed by atoms with Gasteiger partial charge in [-0.2, -0.15) is 21.6 Å². The van der Waals surface area contributed by atoms with E-state index in [1.165, 1.54) is 0 Å². The minimum Gasteiger partial charge on any atom is -0.194 e. The van der Waals surface area contributed by atoms with Gasteiger partial charge in [0.05, 0.1) is 5.56 Å². The maximum Gasteiger partial charge on any atom is 0.416 e. The Hall–Kier alpha value is -0.820. The molecule has 1 aromatic rings. The minimum absolute atomic E-state index is 0.228. The van der Waals surface area contributed by atoms with E-state index >= 15 is 0 Å². The van der Waals surface area contributed by atoms with E-state index in [0.29, 0.717) is 12.1 Å². The predicted octanol–water partition coefficient (Wildman–Crippen LogP) is 3.16. The van der Waals surface area contributed by atoms with Gasteiger partial charge in [-0.05, 0) is 23.8 Å². The molecule has 8 heteroatoms. The molecule has 2 nitrogen and oxygen atoms in total. The fourth-order valence-corrected chi connectivity index (χ4v) is 1.92. The average molecular weight is 277 g/mol. The largest absolute Gasteiger partial charge is 0.416 e. The van der Waals surface area contributed by atoms with E-state index in [4.69, 9.17) is 11.6 Å². The second kappa shape index (κ2) is 4.21. The molecule has 0 saturated heterocycles. The van der Waals surface area contributed by atoms with Crippen molar-refractivity contribution >= 4 is 21.8 Å². The van der Waals surface area contributed by atoms with Crippen LogP contribution in [-0.2, 0) is 22.2 Å². The van der Waals surface area contributed by atoms with Crippen molar-refractivity contribution in [3.05, 3.63) is 34.3 Å². The third-order valence-corrected chi connectivity index (χ3v) is 2.73. The molecule has 0 heterocycles. The molecule has 0 unspecified atom stereocenters. The van der Waals surface area contributed by atoms with Gasteiger partial charge in [0.2, 0.25) is 0 Å². The lowest BCUT2D eigenvalue weighted by Crippen LogP contribution is -2.06. The fraction of sp³-hybridized carbons (Fsp3) is 0.250. The summed E-state index contributed by atoms with van der Waals surface area (Å²) in [4.78, 5) is 0. The van der Waals surface area contributed by atoms with Gasteiger partial charge in [0.15, 0.2) is 0 Å². The molecule has 1 aromatic carbocycles. The lowest BCUT2D eigenvalue weighted by Gasteiger charge is -2.09. The molecule has 0 N–H and O–H groups in total. The van der Waals surface area contributed by atoms with Crippen molar-refractivity contribution in [2.45, 2.75) is 11.9 Å². The van der Waals surface area contributed by atoms with Crippen molar-refractivity contribution in [1.29, 1.82) is 0 Å². The molecule has 0 spiro atoms. The molecular weight excluding hydrogens is 272 g/mol. The molecule has 0 fully saturated rings. The summed E-state index contributed by atoms with van der Waals surface area (Å²) in [6.45, 7) is 0. The first-order valence-electron chi connectivity index (χ1n) is 3.87. The number of hydrogen-bond acceptors (Lipinski definition) is 2. The topological polar surface area (TPSA) is 34.1 Å². The summed E-state index contributed by atoms with van der Waals surface area (Å²) in [5.74, 6) is -1.17. The lowest BCUT2D eigenvalue weighted by atomic mass is 10.1. The van der Waals surface area contributed by atoms with E-state index in [1.807, 2.05) is 0 Å². The Bertz CT molecular complexity index is 495. The van der Waals surface area contributed by atoms with Crippen molar-refractivity contribution < 1.29 is 25.5 Å². The summed E-state index contributed by atoms with van der Waals surface area (Å²) in [6, 6.07) is 2.08. The molecule has 0 amide bonds. The number of alkyl halides is 3. The quantitative estimate of drug-likeness (QED) is 0.614. The van der Waals surface area contributed by atoms with Crippen molar-refractivity contribution in [3.63, 3.8) is 0 Å². The number of rotatable bonds is 2. The Labute approximate surface area is 94.0 Å². The first kappa shape index (κ1) is 13.2. The van der Waals surface area contributed by atoms with Crippen LogP contribution >= 0.6 is 11.6 Å². The molecule has 0 aliphatic heterocycles. The standard InChI is InChI=1S/C8H5ClF4O2S/c9-7-2-1-6(8(10,11)12)3-5(7)4-16(13,14)15/h1-3H,4H2. The van der Waals surface area contributed by atoms with Crippen LogP contribution in [0, 0.1) is 0 Å². The molecule has 0 radical (unpaired) electrons. The summed E-state index contributed by atoms with van der Waals surface area (Å²) >= 11 is 5.45. The van der Waals surface area contributed by atoms with Crippen LogP contribution in [0.3, 0.4) is 0 Å². The van der Waals surface area contributed by atoms with Crippen molar-refractivity contribution in [2.75, 3.05) is 0 Å². The van der Waals surface area contributed by atoms with E-state index in [0.717, 1.165) is 6.07 Å². The average Bonchev–Trinajstić information content (AvgIpc) is 2.04. The van der Waals surface area contributed by atoms with Gasteiger partial charge in [-0.25, -0.2) is 0 Å². The monoisotopic (exact) mass is 276 g/mol. The third-order valence-electron chi connectivity index (χ3n) is 1.70. The summed E-state index contributed by atoms with van der Waals surface area (Å²) in [7, 11) is -4.91. The molecule has 0 aromatic heterocycles. The number of hydrogen-bond donors (Lipinski definition) is 0. The zero-order chi connectivity index (χ0) is 12.6. The van der Waals surface area contributed by atoms with Gasteiger partial charge < -0.3 is 0 Å². The molecule has 0 aliphatic carbocycles. The Morgan fingerprint density at radius 2 is 1.81 bits per heavy atom. The van der Waals surface area contributed by atoms with Crippen LogP contribution in [0.25, 0.3) is 0 Å². The van der Waals surface area contributed by atoms with Crippen molar-refractivity contribution in [2.24, 2.45) is 0 Å². The fourth-order valence-electron chi connectivity index (χ4n) is 1.05. The molecule has 0 atom stereocenters. The highest BCUT2D eigenvalue weighted by Gasteiger charge is 2.31. The number of benzene rings is 1. The third kappa shape index (κ3) is 3.64. The molecule has 0 aliphatic rings. The Morgan fingerprint density at radius 3 is 2.25 bits per heavy atom. The first-order valence-corrected chi connectivity index (χ1v) is 5.80. The van der Waals surface area contributed by atoms with Crippen LogP contribution in [0.15, 0.2) is 18.2 Å². The predicted molar refractivity (Wildman–Crippen MR) is 50.2 cm³/mol. The summed E-state index contributed by atoms with van der Waals surface area (Å²) in [5.41, 5.74) is -1.49. The van der Waals surface area contributed by atoms with E-state index in [1.54, 1.807) is 0 Å². The highest BCUT2D eigenvalue weighted by Crippen LogP contribution is 2.32. The Morgan fingerprint density at radius 1 is 1.25 bits per heavy atom. The molecule has 16 heavy (non-hydrogen) atoms. The first-order chi connectivity index (χ1) is 7.09. The van der Waals surface area contributed by atoms with Gasteiger partial charge in [0.25, 0.3) is 0 Å². The van der Waals surface area contributed by atoms with E-state index in [2.05, 4.69) is 0 Å². The zero-order valence-corrected chi connectivity index (χ0v) is 9.13. The Balaban J connectivity index is 3.20. The van der Waals surface area contributed by atoms with Crippen LogP contribution in [-0.4, -0.2) is 8.42 Å². The molecular formula is C8H5ClF4O2S. The smallest absolute Gasteiger partial charge is 0.194 e.